The molecule has 3 rings (SSSR count). The molecule has 1 aliphatic heterocycles. The highest BCUT2D eigenvalue weighted by Crippen LogP contribution is 2.19. The van der Waals surface area contributed by atoms with Crippen molar-refractivity contribution >= 4 is 10.0 Å². The largest absolute Gasteiger partial charge is 0.492 e. The first-order valence-corrected chi connectivity index (χ1v) is 9.83. The number of nitrogens with zero attached hydrogens (tertiary/aromatic N) is 3. The lowest BCUT2D eigenvalue weighted by atomic mass is 10.1. The van der Waals surface area contributed by atoms with Crippen LogP contribution in [0.3, 0.4) is 0 Å². The Morgan fingerprint density at radius 1 is 1.12 bits per heavy atom. The quantitative estimate of drug-likeness (QED) is 0.745. The van der Waals surface area contributed by atoms with Crippen LogP contribution in [0.15, 0.2) is 48.9 Å². The van der Waals surface area contributed by atoms with Gasteiger partial charge in [-0.15, -0.1) is 0 Å². The molecule has 0 saturated carbocycles. The molecule has 0 spiro atoms. The van der Waals surface area contributed by atoms with E-state index in [-0.39, 0.29) is 18.5 Å². The average molecular weight is 363 g/mol. The van der Waals surface area contributed by atoms with Crippen LogP contribution in [-0.4, -0.2) is 54.2 Å². The molecule has 2 heterocycles. The third kappa shape index (κ3) is 5.14. The van der Waals surface area contributed by atoms with Gasteiger partial charge in [0.2, 0.25) is 15.9 Å². The molecule has 0 unspecified atom stereocenters. The van der Waals surface area contributed by atoms with Crippen molar-refractivity contribution in [3.8, 4) is 11.6 Å². The summed E-state index contributed by atoms with van der Waals surface area (Å²) in [4.78, 5) is 7.87. The maximum absolute atomic E-state index is 12.4. The van der Waals surface area contributed by atoms with Crippen LogP contribution in [0, 0.1) is 0 Å². The van der Waals surface area contributed by atoms with Crippen molar-refractivity contribution in [3.63, 3.8) is 0 Å². The van der Waals surface area contributed by atoms with Gasteiger partial charge in [0.05, 0.1) is 5.75 Å². The molecule has 134 valence electrons. The number of ether oxygens (including phenoxy) is 2. The van der Waals surface area contributed by atoms with Crippen molar-refractivity contribution in [3.05, 3.63) is 48.9 Å². The number of para-hydroxylation sites is 1. The molecule has 1 aliphatic rings. The fourth-order valence-corrected chi connectivity index (χ4v) is 3.98. The molecule has 0 bridgehead atoms. The van der Waals surface area contributed by atoms with Crippen molar-refractivity contribution < 1.29 is 17.9 Å². The molecule has 0 N–H and O–H groups in total. The van der Waals surface area contributed by atoms with Crippen LogP contribution in [0.4, 0.5) is 0 Å². The van der Waals surface area contributed by atoms with E-state index in [1.165, 1.54) is 10.6 Å². The fraction of sp³-hybridized carbons (Fsp3) is 0.412. The first kappa shape index (κ1) is 17.6. The topological polar surface area (TPSA) is 81.6 Å². The van der Waals surface area contributed by atoms with E-state index in [9.17, 15) is 8.42 Å². The molecule has 0 aliphatic carbocycles. The number of sulfonamides is 1. The molecule has 25 heavy (non-hydrogen) atoms. The Kier molecular flexibility index (Phi) is 5.83. The summed E-state index contributed by atoms with van der Waals surface area (Å²) >= 11 is 0. The lowest BCUT2D eigenvalue weighted by Crippen LogP contribution is -2.43. The van der Waals surface area contributed by atoms with Crippen LogP contribution in [0.1, 0.15) is 12.8 Å². The number of hydrogen-bond donors (Lipinski definition) is 0. The summed E-state index contributed by atoms with van der Waals surface area (Å²) < 4.78 is 37.6. The van der Waals surface area contributed by atoms with E-state index in [1.54, 1.807) is 12.3 Å². The highest BCUT2D eigenvalue weighted by atomic mass is 32.2. The van der Waals surface area contributed by atoms with E-state index in [1.807, 2.05) is 30.3 Å². The fourth-order valence-electron chi connectivity index (χ4n) is 2.66. The maximum atomic E-state index is 12.4. The Bertz CT molecular complexity index is 748. The Balaban J connectivity index is 1.44. The van der Waals surface area contributed by atoms with E-state index in [2.05, 4.69) is 9.97 Å². The van der Waals surface area contributed by atoms with Gasteiger partial charge in [0.1, 0.15) is 24.8 Å². The molecule has 1 saturated heterocycles. The molecule has 2 aromatic rings. The summed E-state index contributed by atoms with van der Waals surface area (Å²) in [6.07, 6.45) is 4.31. The average Bonchev–Trinajstić information content (AvgIpc) is 2.64. The number of piperidine rings is 1. The van der Waals surface area contributed by atoms with E-state index >= 15 is 0 Å². The SMILES string of the molecule is O=S(=O)(CCOc1ccccc1)N1CCC(Oc2ccncn2)CC1. The van der Waals surface area contributed by atoms with Crippen molar-refractivity contribution in [2.24, 2.45) is 0 Å². The highest BCUT2D eigenvalue weighted by Gasteiger charge is 2.28. The number of benzene rings is 1. The molecule has 1 aromatic carbocycles. The summed E-state index contributed by atoms with van der Waals surface area (Å²) in [7, 11) is -3.32. The summed E-state index contributed by atoms with van der Waals surface area (Å²) in [5.74, 6) is 1.17. The normalized spacial score (nSPS) is 16.5. The van der Waals surface area contributed by atoms with Gasteiger partial charge >= 0.3 is 0 Å². The summed E-state index contributed by atoms with van der Waals surface area (Å²) in [5.41, 5.74) is 0. The van der Waals surface area contributed by atoms with Crippen LogP contribution >= 0.6 is 0 Å². The first-order valence-electron chi connectivity index (χ1n) is 8.22. The maximum Gasteiger partial charge on any atom is 0.217 e. The smallest absolute Gasteiger partial charge is 0.217 e. The van der Waals surface area contributed by atoms with Crippen molar-refractivity contribution in [1.29, 1.82) is 0 Å². The third-order valence-corrected chi connectivity index (χ3v) is 5.82. The predicted octanol–water partition coefficient (Wildman–Crippen LogP) is 1.73. The van der Waals surface area contributed by atoms with Gasteiger partial charge in [-0.3, -0.25) is 0 Å². The van der Waals surface area contributed by atoms with Gasteiger partial charge in [-0.05, 0) is 25.0 Å². The van der Waals surface area contributed by atoms with E-state index in [0.717, 1.165) is 0 Å². The predicted molar refractivity (Wildman–Crippen MR) is 93.0 cm³/mol. The highest BCUT2D eigenvalue weighted by molar-refractivity contribution is 7.89. The van der Waals surface area contributed by atoms with Gasteiger partial charge < -0.3 is 9.47 Å². The van der Waals surface area contributed by atoms with Crippen molar-refractivity contribution in [2.45, 2.75) is 18.9 Å². The molecule has 1 fully saturated rings. The van der Waals surface area contributed by atoms with Crippen molar-refractivity contribution in [2.75, 3.05) is 25.4 Å². The van der Waals surface area contributed by atoms with E-state index < -0.39 is 10.0 Å². The lowest BCUT2D eigenvalue weighted by Gasteiger charge is -2.31. The summed E-state index contributed by atoms with van der Waals surface area (Å²) in [6, 6.07) is 10.9. The van der Waals surface area contributed by atoms with Crippen LogP contribution in [0.5, 0.6) is 11.6 Å². The second-order valence-electron chi connectivity index (χ2n) is 5.74. The molecule has 0 atom stereocenters. The van der Waals surface area contributed by atoms with Crippen LogP contribution in [0.25, 0.3) is 0 Å². The van der Waals surface area contributed by atoms with Gasteiger partial charge in [-0.2, -0.15) is 0 Å². The molecule has 7 nitrogen and oxygen atoms in total. The minimum Gasteiger partial charge on any atom is -0.492 e. The Hall–Kier alpha value is -2.19. The van der Waals surface area contributed by atoms with Crippen LogP contribution in [0.2, 0.25) is 0 Å². The van der Waals surface area contributed by atoms with Crippen LogP contribution in [-0.2, 0) is 10.0 Å². The zero-order valence-electron chi connectivity index (χ0n) is 13.8. The van der Waals surface area contributed by atoms with Gasteiger partial charge in [-0.1, -0.05) is 18.2 Å². The Labute approximate surface area is 147 Å². The molecule has 1 aromatic heterocycles. The number of hydrogen-bond acceptors (Lipinski definition) is 6. The van der Waals surface area contributed by atoms with Crippen LogP contribution < -0.4 is 9.47 Å². The monoisotopic (exact) mass is 363 g/mol. The van der Waals surface area contributed by atoms with Gasteiger partial charge in [0.15, 0.2) is 0 Å². The zero-order chi connectivity index (χ0) is 17.5. The summed E-state index contributed by atoms with van der Waals surface area (Å²) in [5, 5.41) is 0. The van der Waals surface area contributed by atoms with Crippen molar-refractivity contribution in [1.82, 2.24) is 14.3 Å². The lowest BCUT2D eigenvalue weighted by molar-refractivity contribution is 0.129. The Morgan fingerprint density at radius 3 is 2.56 bits per heavy atom. The summed E-state index contributed by atoms with van der Waals surface area (Å²) in [6.45, 7) is 1.04. The number of aromatic nitrogens is 2. The molecule has 0 radical (unpaired) electrons. The van der Waals surface area contributed by atoms with Gasteiger partial charge in [0, 0.05) is 25.4 Å². The zero-order valence-corrected chi connectivity index (χ0v) is 14.6. The minimum absolute atomic E-state index is 0.0260. The minimum atomic E-state index is -3.32. The standard InChI is InChI=1S/C17H21N3O4S/c21-25(22,13-12-23-15-4-2-1-3-5-15)20-10-7-16(8-11-20)24-17-6-9-18-14-19-17/h1-6,9,14,16H,7-8,10-13H2. The molecular weight excluding hydrogens is 342 g/mol. The third-order valence-electron chi connectivity index (χ3n) is 3.99. The molecule has 8 heteroatoms. The number of rotatable bonds is 7. The van der Waals surface area contributed by atoms with E-state index in [0.29, 0.717) is 37.6 Å². The second-order valence-corrected chi connectivity index (χ2v) is 7.83. The Morgan fingerprint density at radius 2 is 1.88 bits per heavy atom. The van der Waals surface area contributed by atoms with Gasteiger partial charge in [0.25, 0.3) is 0 Å². The first-order chi connectivity index (χ1) is 12.1. The van der Waals surface area contributed by atoms with E-state index in [4.69, 9.17) is 9.47 Å². The second kappa shape index (κ2) is 8.26. The molecule has 0 amide bonds. The van der Waals surface area contributed by atoms with Gasteiger partial charge in [-0.25, -0.2) is 22.7 Å². The molecular formula is C17H21N3O4S.